The monoisotopic (exact) mass is 348 g/mol. The fraction of sp³-hybridized carbons (Fsp3) is 0.125. The number of carbonyl (C=O) groups excluding carboxylic acids is 1. The van der Waals surface area contributed by atoms with Crippen molar-refractivity contribution in [3.63, 3.8) is 0 Å². The zero-order valence-electron chi connectivity index (χ0n) is 12.6. The number of nitro benzene ring substituents is 1. The molecule has 8 heteroatoms. The first-order valence-corrected chi connectivity index (χ1v) is 7.22. The first-order chi connectivity index (χ1) is 11.3. The van der Waals surface area contributed by atoms with Gasteiger partial charge in [0, 0.05) is 12.1 Å². The van der Waals surface area contributed by atoms with Crippen LogP contribution in [0.4, 0.5) is 11.4 Å². The number of aromatic carboxylic acids is 1. The Morgan fingerprint density at radius 1 is 1.25 bits per heavy atom. The second-order valence-corrected chi connectivity index (χ2v) is 5.52. The van der Waals surface area contributed by atoms with E-state index >= 15 is 0 Å². The van der Waals surface area contributed by atoms with Gasteiger partial charge in [0.1, 0.15) is 0 Å². The summed E-state index contributed by atoms with van der Waals surface area (Å²) in [6.07, 6.45) is -0.135. The van der Waals surface area contributed by atoms with E-state index in [4.69, 9.17) is 11.6 Å². The predicted molar refractivity (Wildman–Crippen MR) is 88.6 cm³/mol. The number of nitrogens with one attached hydrogen (secondary N) is 1. The summed E-state index contributed by atoms with van der Waals surface area (Å²) in [5.41, 5.74) is 1.15. The van der Waals surface area contributed by atoms with E-state index in [1.54, 1.807) is 13.0 Å². The molecule has 0 saturated carbocycles. The second-order valence-electron chi connectivity index (χ2n) is 5.11. The minimum atomic E-state index is -1.15. The molecule has 1 amide bonds. The fourth-order valence-electron chi connectivity index (χ4n) is 2.10. The maximum absolute atomic E-state index is 12.1. The zero-order chi connectivity index (χ0) is 17.9. The average Bonchev–Trinajstić information content (AvgIpc) is 2.50. The Morgan fingerprint density at radius 2 is 1.96 bits per heavy atom. The quantitative estimate of drug-likeness (QED) is 0.635. The number of carboxylic acids is 1. The topological polar surface area (TPSA) is 110 Å². The summed E-state index contributed by atoms with van der Waals surface area (Å²) < 4.78 is 0. The highest BCUT2D eigenvalue weighted by molar-refractivity contribution is 6.31. The van der Waals surface area contributed by atoms with Crippen molar-refractivity contribution in [2.24, 2.45) is 0 Å². The highest BCUT2D eigenvalue weighted by Crippen LogP contribution is 2.24. The van der Waals surface area contributed by atoms with Crippen molar-refractivity contribution < 1.29 is 19.6 Å². The molecule has 2 rings (SSSR count). The first kappa shape index (κ1) is 17.4. The molecular formula is C16H13ClN2O5. The van der Waals surface area contributed by atoms with Crippen molar-refractivity contribution in [2.75, 3.05) is 5.32 Å². The van der Waals surface area contributed by atoms with Gasteiger partial charge in [-0.15, -0.1) is 0 Å². The number of nitrogens with zero attached hydrogens (tertiary/aromatic N) is 1. The number of aryl methyl sites for hydroxylation is 1. The number of anilines is 1. The van der Waals surface area contributed by atoms with Crippen LogP contribution in [0.3, 0.4) is 0 Å². The minimum absolute atomic E-state index is 0.0156. The molecule has 24 heavy (non-hydrogen) atoms. The normalized spacial score (nSPS) is 10.2. The summed E-state index contributed by atoms with van der Waals surface area (Å²) in [6.45, 7) is 1.74. The smallest absolute Gasteiger partial charge is 0.337 e. The Hall–Kier alpha value is -2.93. The summed E-state index contributed by atoms with van der Waals surface area (Å²) in [7, 11) is 0. The number of halogens is 1. The lowest BCUT2D eigenvalue weighted by Gasteiger charge is -2.10. The summed E-state index contributed by atoms with van der Waals surface area (Å²) in [6, 6.07) is 8.46. The largest absolute Gasteiger partial charge is 0.478 e. The SMILES string of the molecule is Cc1ccc(NC(=O)Cc2ccc([N+](=O)[O-])cc2Cl)c(C(=O)O)c1. The average molecular weight is 349 g/mol. The van der Waals surface area contributed by atoms with Crippen LogP contribution < -0.4 is 5.32 Å². The van der Waals surface area contributed by atoms with Gasteiger partial charge >= 0.3 is 5.97 Å². The number of hydrogen-bond acceptors (Lipinski definition) is 4. The van der Waals surface area contributed by atoms with Crippen molar-refractivity contribution in [3.8, 4) is 0 Å². The minimum Gasteiger partial charge on any atom is -0.478 e. The molecule has 0 saturated heterocycles. The van der Waals surface area contributed by atoms with Crippen LogP contribution in [-0.4, -0.2) is 21.9 Å². The molecule has 0 spiro atoms. The highest BCUT2D eigenvalue weighted by atomic mass is 35.5. The number of carbonyl (C=O) groups is 2. The Balaban J connectivity index is 2.17. The Bertz CT molecular complexity index is 835. The third kappa shape index (κ3) is 4.08. The van der Waals surface area contributed by atoms with E-state index in [2.05, 4.69) is 5.32 Å². The number of non-ortho nitro benzene ring substituents is 1. The van der Waals surface area contributed by atoms with Gasteiger partial charge in [0.2, 0.25) is 5.91 Å². The number of nitro groups is 1. The maximum Gasteiger partial charge on any atom is 0.337 e. The molecule has 0 heterocycles. The van der Waals surface area contributed by atoms with Gasteiger partial charge in [0.25, 0.3) is 5.69 Å². The molecule has 124 valence electrons. The third-order valence-corrected chi connectivity index (χ3v) is 3.63. The second kappa shape index (κ2) is 7.10. The van der Waals surface area contributed by atoms with Crippen LogP contribution in [0.25, 0.3) is 0 Å². The number of hydrogen-bond donors (Lipinski definition) is 2. The van der Waals surface area contributed by atoms with Crippen LogP contribution in [-0.2, 0) is 11.2 Å². The van der Waals surface area contributed by atoms with E-state index in [9.17, 15) is 24.8 Å². The van der Waals surface area contributed by atoms with Gasteiger partial charge < -0.3 is 10.4 Å². The van der Waals surface area contributed by atoms with E-state index < -0.39 is 16.8 Å². The molecule has 0 atom stereocenters. The molecule has 2 N–H and O–H groups in total. The van der Waals surface area contributed by atoms with Gasteiger partial charge in [-0.25, -0.2) is 4.79 Å². The van der Waals surface area contributed by atoms with Crippen LogP contribution in [0, 0.1) is 17.0 Å². The van der Waals surface area contributed by atoms with Gasteiger partial charge in [-0.2, -0.15) is 0 Å². The van der Waals surface area contributed by atoms with Crippen molar-refractivity contribution in [1.29, 1.82) is 0 Å². The molecule has 0 aliphatic heterocycles. The standard InChI is InChI=1S/C16H13ClN2O5/c1-9-2-5-14(12(6-9)16(21)22)18-15(20)7-10-3-4-11(19(23)24)8-13(10)17/h2-6,8H,7H2,1H3,(H,18,20)(H,21,22). The van der Waals surface area contributed by atoms with E-state index in [1.807, 2.05) is 0 Å². The molecule has 0 aliphatic rings. The summed E-state index contributed by atoms with van der Waals surface area (Å²) in [5, 5.41) is 22.5. The third-order valence-electron chi connectivity index (χ3n) is 3.28. The van der Waals surface area contributed by atoms with Crippen molar-refractivity contribution in [2.45, 2.75) is 13.3 Å². The van der Waals surface area contributed by atoms with Crippen LogP contribution in [0.15, 0.2) is 36.4 Å². The van der Waals surface area contributed by atoms with Gasteiger partial charge in [-0.3, -0.25) is 14.9 Å². The first-order valence-electron chi connectivity index (χ1n) is 6.84. The number of benzene rings is 2. The van der Waals surface area contributed by atoms with Gasteiger partial charge in [-0.05, 0) is 24.6 Å². The van der Waals surface area contributed by atoms with E-state index in [0.717, 1.165) is 5.56 Å². The molecule has 2 aromatic carbocycles. The molecule has 0 aliphatic carbocycles. The molecule has 0 fully saturated rings. The van der Waals surface area contributed by atoms with Gasteiger partial charge in [0.05, 0.1) is 27.6 Å². The van der Waals surface area contributed by atoms with E-state index in [1.165, 1.54) is 30.3 Å². The van der Waals surface area contributed by atoms with Gasteiger partial charge in [0.15, 0.2) is 0 Å². The van der Waals surface area contributed by atoms with Crippen LogP contribution >= 0.6 is 11.6 Å². The Morgan fingerprint density at radius 3 is 2.54 bits per heavy atom. The van der Waals surface area contributed by atoms with E-state index in [-0.39, 0.29) is 28.4 Å². The maximum atomic E-state index is 12.1. The lowest BCUT2D eigenvalue weighted by molar-refractivity contribution is -0.384. The number of carboxylic acid groups (broad SMARTS) is 1. The summed E-state index contributed by atoms with van der Waals surface area (Å²) >= 11 is 5.94. The molecular weight excluding hydrogens is 336 g/mol. The molecule has 7 nitrogen and oxygen atoms in total. The lowest BCUT2D eigenvalue weighted by atomic mass is 10.1. The summed E-state index contributed by atoms with van der Waals surface area (Å²) in [5.74, 6) is -1.63. The highest BCUT2D eigenvalue weighted by Gasteiger charge is 2.15. The van der Waals surface area contributed by atoms with Crippen molar-refractivity contribution in [3.05, 3.63) is 68.2 Å². The molecule has 0 unspecified atom stereocenters. The fourth-order valence-corrected chi connectivity index (χ4v) is 2.35. The van der Waals surface area contributed by atoms with Crippen LogP contribution in [0.1, 0.15) is 21.5 Å². The Labute approximate surface area is 142 Å². The molecule has 0 radical (unpaired) electrons. The van der Waals surface area contributed by atoms with Crippen molar-refractivity contribution in [1.82, 2.24) is 0 Å². The molecule has 2 aromatic rings. The summed E-state index contributed by atoms with van der Waals surface area (Å²) in [4.78, 5) is 33.4. The number of rotatable bonds is 5. The molecule has 0 bridgehead atoms. The van der Waals surface area contributed by atoms with Crippen LogP contribution in [0.5, 0.6) is 0 Å². The molecule has 0 aromatic heterocycles. The lowest BCUT2D eigenvalue weighted by Crippen LogP contribution is -2.17. The number of amides is 1. The van der Waals surface area contributed by atoms with Crippen LogP contribution in [0.2, 0.25) is 5.02 Å². The Kier molecular flexibility index (Phi) is 5.15. The zero-order valence-corrected chi connectivity index (χ0v) is 13.3. The van der Waals surface area contributed by atoms with E-state index in [0.29, 0.717) is 5.56 Å². The van der Waals surface area contributed by atoms with Gasteiger partial charge in [-0.1, -0.05) is 29.3 Å². The van der Waals surface area contributed by atoms with Crippen molar-refractivity contribution >= 4 is 34.9 Å². The predicted octanol–water partition coefficient (Wildman–Crippen LogP) is 3.44.